The highest BCUT2D eigenvalue weighted by Gasteiger charge is 2.08. The zero-order chi connectivity index (χ0) is 15.2. The van der Waals surface area contributed by atoms with Gasteiger partial charge in [0.25, 0.3) is 11.7 Å². The average Bonchev–Trinajstić information content (AvgIpc) is 2.46. The number of benzene rings is 2. The van der Waals surface area contributed by atoms with E-state index in [0.29, 0.717) is 28.8 Å². The summed E-state index contributed by atoms with van der Waals surface area (Å²) in [6.07, 6.45) is 0. The first kappa shape index (κ1) is 15.5. The van der Waals surface area contributed by atoms with Gasteiger partial charge in [-0.1, -0.05) is 36.0 Å². The van der Waals surface area contributed by atoms with Gasteiger partial charge >= 0.3 is 0 Å². The molecule has 0 aliphatic heterocycles. The van der Waals surface area contributed by atoms with Gasteiger partial charge in [0.2, 0.25) is 0 Å². The second-order valence-corrected chi connectivity index (χ2v) is 5.58. The highest BCUT2D eigenvalue weighted by molar-refractivity contribution is 7.99. The maximum atomic E-state index is 12.2. The molecule has 1 N–H and O–H groups in total. The van der Waals surface area contributed by atoms with Crippen LogP contribution in [0.15, 0.2) is 53.4 Å². The van der Waals surface area contributed by atoms with Crippen LogP contribution in [0.25, 0.3) is 0 Å². The minimum absolute atomic E-state index is 0.216. The standard InChI is InChI=1S/C16H15F2NOS/c1-11-4-2-3-5-13(11)10-19-15(20)12-6-8-14(9-7-12)21-16(17)18/h2-9,16H,10H2,1H3,(H,19,20). The van der Waals surface area contributed by atoms with Crippen molar-refractivity contribution in [2.45, 2.75) is 24.1 Å². The van der Waals surface area contributed by atoms with Crippen molar-refractivity contribution in [1.82, 2.24) is 5.32 Å². The predicted octanol–water partition coefficient (Wildman–Crippen LogP) is 4.24. The molecule has 2 rings (SSSR count). The minimum atomic E-state index is -2.45. The van der Waals surface area contributed by atoms with Crippen molar-refractivity contribution in [3.8, 4) is 0 Å². The summed E-state index contributed by atoms with van der Waals surface area (Å²) in [5, 5.41) is 2.82. The van der Waals surface area contributed by atoms with Gasteiger partial charge in [0.15, 0.2) is 0 Å². The minimum Gasteiger partial charge on any atom is -0.348 e. The van der Waals surface area contributed by atoms with Gasteiger partial charge in [-0.25, -0.2) is 0 Å². The molecule has 0 spiro atoms. The fraction of sp³-hybridized carbons (Fsp3) is 0.188. The Morgan fingerprint density at radius 3 is 2.43 bits per heavy atom. The van der Waals surface area contributed by atoms with E-state index in [1.807, 2.05) is 31.2 Å². The van der Waals surface area contributed by atoms with E-state index >= 15 is 0 Å². The molecule has 0 radical (unpaired) electrons. The fourth-order valence-electron chi connectivity index (χ4n) is 1.87. The Balaban J connectivity index is 1.96. The fourth-order valence-corrected chi connectivity index (χ4v) is 2.37. The Kier molecular flexibility index (Phi) is 5.33. The lowest BCUT2D eigenvalue weighted by molar-refractivity contribution is 0.0951. The van der Waals surface area contributed by atoms with Crippen LogP contribution in [0.2, 0.25) is 0 Å². The monoisotopic (exact) mass is 307 g/mol. The van der Waals surface area contributed by atoms with Gasteiger partial charge in [0.05, 0.1) is 0 Å². The van der Waals surface area contributed by atoms with Gasteiger partial charge in [-0.2, -0.15) is 8.78 Å². The Labute approximate surface area is 126 Å². The molecule has 0 aliphatic rings. The molecular weight excluding hydrogens is 292 g/mol. The van der Waals surface area contributed by atoms with Crippen LogP contribution in [-0.2, 0) is 6.54 Å². The molecule has 2 aromatic carbocycles. The van der Waals surface area contributed by atoms with Crippen LogP contribution in [0.4, 0.5) is 8.78 Å². The van der Waals surface area contributed by atoms with E-state index in [9.17, 15) is 13.6 Å². The van der Waals surface area contributed by atoms with Crippen molar-refractivity contribution >= 4 is 17.7 Å². The van der Waals surface area contributed by atoms with Crippen LogP contribution >= 0.6 is 11.8 Å². The highest BCUT2D eigenvalue weighted by atomic mass is 32.2. The molecule has 0 fully saturated rings. The van der Waals surface area contributed by atoms with Gasteiger partial charge in [0.1, 0.15) is 0 Å². The molecular formula is C16H15F2NOS. The third kappa shape index (κ3) is 4.56. The zero-order valence-electron chi connectivity index (χ0n) is 11.5. The van der Waals surface area contributed by atoms with E-state index in [2.05, 4.69) is 5.32 Å². The van der Waals surface area contributed by atoms with E-state index in [-0.39, 0.29) is 5.91 Å². The maximum absolute atomic E-state index is 12.2. The van der Waals surface area contributed by atoms with Crippen molar-refractivity contribution in [2.75, 3.05) is 0 Å². The third-order valence-electron chi connectivity index (χ3n) is 3.04. The topological polar surface area (TPSA) is 29.1 Å². The number of carbonyl (C=O) groups is 1. The number of amides is 1. The molecule has 2 nitrogen and oxygen atoms in total. The lowest BCUT2D eigenvalue weighted by atomic mass is 10.1. The van der Waals surface area contributed by atoms with E-state index in [0.717, 1.165) is 11.1 Å². The van der Waals surface area contributed by atoms with E-state index in [1.165, 1.54) is 12.1 Å². The SMILES string of the molecule is Cc1ccccc1CNC(=O)c1ccc(SC(F)F)cc1. The second-order valence-electron chi connectivity index (χ2n) is 4.51. The Morgan fingerprint density at radius 1 is 1.14 bits per heavy atom. The third-order valence-corrected chi connectivity index (χ3v) is 3.76. The second kappa shape index (κ2) is 7.22. The lowest BCUT2D eigenvalue weighted by Gasteiger charge is -2.08. The van der Waals surface area contributed by atoms with Crippen LogP contribution in [0.1, 0.15) is 21.5 Å². The van der Waals surface area contributed by atoms with Crippen molar-refractivity contribution in [2.24, 2.45) is 0 Å². The maximum Gasteiger partial charge on any atom is 0.288 e. The molecule has 0 aromatic heterocycles. The van der Waals surface area contributed by atoms with Crippen LogP contribution in [-0.4, -0.2) is 11.7 Å². The summed E-state index contributed by atoms with van der Waals surface area (Å²) in [4.78, 5) is 12.4. The Morgan fingerprint density at radius 2 is 1.81 bits per heavy atom. The largest absolute Gasteiger partial charge is 0.348 e. The Bertz CT molecular complexity index is 614. The molecule has 21 heavy (non-hydrogen) atoms. The first-order valence-corrected chi connectivity index (χ1v) is 7.32. The number of alkyl halides is 2. The van der Waals surface area contributed by atoms with Crippen molar-refractivity contribution in [3.63, 3.8) is 0 Å². The molecule has 5 heteroatoms. The summed E-state index contributed by atoms with van der Waals surface area (Å²) in [5.74, 6) is -2.67. The number of aryl methyl sites for hydroxylation is 1. The molecule has 0 saturated heterocycles. The summed E-state index contributed by atoms with van der Waals surface area (Å²) >= 11 is 0.466. The van der Waals surface area contributed by atoms with Crippen molar-refractivity contribution < 1.29 is 13.6 Å². The molecule has 0 unspecified atom stereocenters. The number of rotatable bonds is 5. The smallest absolute Gasteiger partial charge is 0.288 e. The van der Waals surface area contributed by atoms with Crippen LogP contribution in [0, 0.1) is 6.92 Å². The molecule has 1 amide bonds. The van der Waals surface area contributed by atoms with Gasteiger partial charge in [-0.15, -0.1) is 0 Å². The van der Waals surface area contributed by atoms with Gasteiger partial charge in [-0.05, 0) is 42.3 Å². The summed E-state index contributed by atoms with van der Waals surface area (Å²) in [7, 11) is 0. The molecule has 0 atom stereocenters. The lowest BCUT2D eigenvalue weighted by Crippen LogP contribution is -2.23. The van der Waals surface area contributed by atoms with Gasteiger partial charge < -0.3 is 5.32 Å². The molecule has 2 aromatic rings. The number of nitrogens with one attached hydrogen (secondary N) is 1. The molecule has 0 heterocycles. The van der Waals surface area contributed by atoms with E-state index in [4.69, 9.17) is 0 Å². The molecule has 110 valence electrons. The number of halogens is 2. The quantitative estimate of drug-likeness (QED) is 0.837. The molecule has 0 aliphatic carbocycles. The Hall–Kier alpha value is -1.88. The summed E-state index contributed by atoms with van der Waals surface area (Å²) in [5.41, 5.74) is 2.62. The number of thioether (sulfide) groups is 1. The normalized spacial score (nSPS) is 10.7. The zero-order valence-corrected chi connectivity index (χ0v) is 12.3. The number of carbonyl (C=O) groups excluding carboxylic acids is 1. The molecule has 0 bridgehead atoms. The first-order valence-electron chi connectivity index (χ1n) is 6.44. The van der Waals surface area contributed by atoms with Gasteiger partial charge in [0, 0.05) is 17.0 Å². The molecule has 0 saturated carbocycles. The van der Waals surface area contributed by atoms with Crippen molar-refractivity contribution in [3.05, 3.63) is 65.2 Å². The number of hydrogen-bond donors (Lipinski definition) is 1. The highest BCUT2D eigenvalue weighted by Crippen LogP contribution is 2.25. The van der Waals surface area contributed by atoms with E-state index in [1.54, 1.807) is 12.1 Å². The van der Waals surface area contributed by atoms with Gasteiger partial charge in [-0.3, -0.25) is 4.79 Å². The first-order chi connectivity index (χ1) is 10.1. The van der Waals surface area contributed by atoms with E-state index < -0.39 is 5.76 Å². The van der Waals surface area contributed by atoms with Crippen LogP contribution in [0.5, 0.6) is 0 Å². The number of hydrogen-bond acceptors (Lipinski definition) is 2. The van der Waals surface area contributed by atoms with Crippen LogP contribution < -0.4 is 5.32 Å². The van der Waals surface area contributed by atoms with Crippen LogP contribution in [0.3, 0.4) is 0 Å². The summed E-state index contributed by atoms with van der Waals surface area (Å²) < 4.78 is 24.4. The predicted molar refractivity (Wildman–Crippen MR) is 80.7 cm³/mol. The summed E-state index contributed by atoms with van der Waals surface area (Å²) in [6.45, 7) is 2.43. The average molecular weight is 307 g/mol. The summed E-state index contributed by atoms with van der Waals surface area (Å²) in [6, 6.07) is 14.0. The van der Waals surface area contributed by atoms with Crippen molar-refractivity contribution in [1.29, 1.82) is 0 Å².